The summed E-state index contributed by atoms with van der Waals surface area (Å²) in [6, 6.07) is 0.326. The number of fused-ring (bicyclic) bond motifs is 1. The van der Waals surface area contributed by atoms with Gasteiger partial charge in [0.15, 0.2) is 0 Å². The Morgan fingerprint density at radius 1 is 1.41 bits per heavy atom. The first kappa shape index (κ1) is 21.4. The van der Waals surface area contributed by atoms with E-state index >= 15 is 0 Å². The number of nitrogens with zero attached hydrogens (tertiary/aromatic N) is 6. The molecule has 1 aliphatic rings. The minimum atomic E-state index is 0.158. The molecule has 4 heterocycles. The SMILES string of the molecule is C=C(/C=C\C=C(/C)c1cnc2nc(OC)c(-c3cnn(C)c3)cn12)NC1CCB(C#N)C1. The Morgan fingerprint density at radius 2 is 2.25 bits per heavy atom. The largest absolute Gasteiger partial charge is 0.480 e. The molecule has 9 heteroatoms. The van der Waals surface area contributed by atoms with Gasteiger partial charge in [-0.1, -0.05) is 25.1 Å². The van der Waals surface area contributed by atoms with Crippen molar-refractivity contribution in [1.82, 2.24) is 29.5 Å². The highest BCUT2D eigenvalue weighted by Gasteiger charge is 2.27. The predicted octanol–water partition coefficient (Wildman–Crippen LogP) is 3.53. The van der Waals surface area contributed by atoms with E-state index in [1.165, 1.54) is 0 Å². The maximum absolute atomic E-state index is 9.05. The summed E-state index contributed by atoms with van der Waals surface area (Å²) in [4.78, 5) is 9.01. The highest BCUT2D eigenvalue weighted by Crippen LogP contribution is 2.29. The number of hydrogen-bond acceptors (Lipinski definition) is 6. The topological polar surface area (TPSA) is 93.1 Å². The number of allylic oxidation sites excluding steroid dienone is 4. The van der Waals surface area contributed by atoms with Crippen LogP contribution in [0.25, 0.3) is 22.5 Å². The van der Waals surface area contributed by atoms with Gasteiger partial charge in [0, 0.05) is 42.7 Å². The Bertz CT molecular complexity index is 1250. The van der Waals surface area contributed by atoms with Gasteiger partial charge in [0.25, 0.3) is 6.71 Å². The number of nitriles is 1. The van der Waals surface area contributed by atoms with Gasteiger partial charge in [-0.3, -0.25) is 9.08 Å². The number of rotatable bonds is 7. The second kappa shape index (κ2) is 9.14. The van der Waals surface area contributed by atoms with E-state index in [2.05, 4.69) is 32.9 Å². The van der Waals surface area contributed by atoms with Crippen LogP contribution in [-0.4, -0.2) is 44.0 Å². The third-order valence-electron chi connectivity index (χ3n) is 5.73. The van der Waals surface area contributed by atoms with Crippen molar-refractivity contribution in [3.05, 3.63) is 61.0 Å². The number of hydrogen-bond donors (Lipinski definition) is 1. The summed E-state index contributed by atoms with van der Waals surface area (Å²) < 4.78 is 9.19. The number of aryl methyl sites for hydroxylation is 1. The van der Waals surface area contributed by atoms with Gasteiger partial charge >= 0.3 is 0 Å². The number of imidazole rings is 1. The third kappa shape index (κ3) is 4.44. The molecule has 0 aromatic carbocycles. The van der Waals surface area contributed by atoms with Crippen molar-refractivity contribution in [3.63, 3.8) is 0 Å². The van der Waals surface area contributed by atoms with Gasteiger partial charge in [-0.05, 0) is 31.3 Å². The normalized spacial score (nSPS) is 16.6. The fourth-order valence-corrected chi connectivity index (χ4v) is 4.04. The molecule has 0 aliphatic carbocycles. The Balaban J connectivity index is 1.53. The van der Waals surface area contributed by atoms with E-state index in [9.17, 15) is 0 Å². The van der Waals surface area contributed by atoms with Gasteiger partial charge in [-0.2, -0.15) is 10.1 Å². The van der Waals surface area contributed by atoms with Crippen molar-refractivity contribution in [3.8, 4) is 23.0 Å². The van der Waals surface area contributed by atoms with Crippen LogP contribution < -0.4 is 10.1 Å². The highest BCUT2D eigenvalue weighted by atomic mass is 16.5. The van der Waals surface area contributed by atoms with Crippen LogP contribution in [0.5, 0.6) is 5.88 Å². The average molecular weight is 427 g/mol. The second-order valence-corrected chi connectivity index (χ2v) is 8.09. The lowest BCUT2D eigenvalue weighted by Crippen LogP contribution is -2.24. The molecule has 0 saturated carbocycles. The molecule has 3 aromatic rings. The van der Waals surface area contributed by atoms with Crippen molar-refractivity contribution >= 4 is 18.1 Å². The summed E-state index contributed by atoms with van der Waals surface area (Å²) in [5.41, 5.74) is 4.60. The zero-order valence-corrected chi connectivity index (χ0v) is 18.6. The number of nitrogens with one attached hydrogen (secondary N) is 1. The first-order chi connectivity index (χ1) is 15.5. The molecule has 1 saturated heterocycles. The maximum atomic E-state index is 9.05. The molecule has 0 radical (unpaired) electrons. The van der Waals surface area contributed by atoms with Crippen molar-refractivity contribution in [2.45, 2.75) is 32.0 Å². The van der Waals surface area contributed by atoms with E-state index in [-0.39, 0.29) is 6.71 Å². The lowest BCUT2D eigenvalue weighted by Gasteiger charge is -2.13. The molecule has 0 spiro atoms. The fraction of sp³-hybridized carbons (Fsp3) is 0.304. The van der Waals surface area contributed by atoms with Gasteiger partial charge in [-0.25, -0.2) is 10.2 Å². The zero-order valence-electron chi connectivity index (χ0n) is 18.6. The van der Waals surface area contributed by atoms with Crippen molar-refractivity contribution in [2.75, 3.05) is 7.11 Å². The fourth-order valence-electron chi connectivity index (χ4n) is 4.04. The van der Waals surface area contributed by atoms with E-state index in [1.807, 2.05) is 55.2 Å². The first-order valence-electron chi connectivity index (χ1n) is 10.6. The molecule has 1 unspecified atom stereocenters. The monoisotopic (exact) mass is 427 g/mol. The van der Waals surface area contributed by atoms with E-state index in [0.29, 0.717) is 17.7 Å². The first-order valence-corrected chi connectivity index (χ1v) is 10.6. The highest BCUT2D eigenvalue weighted by molar-refractivity contribution is 6.67. The Morgan fingerprint density at radius 3 is 2.94 bits per heavy atom. The lowest BCUT2D eigenvalue weighted by atomic mass is 9.50. The molecule has 0 amide bonds. The Kier molecular flexibility index (Phi) is 6.12. The molecule has 1 atom stereocenters. The van der Waals surface area contributed by atoms with Gasteiger partial charge in [0.2, 0.25) is 11.7 Å². The molecular weight excluding hydrogens is 401 g/mol. The van der Waals surface area contributed by atoms with E-state index in [4.69, 9.17) is 10.00 Å². The van der Waals surface area contributed by atoms with Gasteiger partial charge in [0.05, 0.1) is 30.8 Å². The lowest BCUT2D eigenvalue weighted by molar-refractivity contribution is 0.400. The number of ether oxygens (including phenoxy) is 1. The maximum Gasteiger partial charge on any atom is 0.269 e. The van der Waals surface area contributed by atoms with E-state index in [0.717, 1.165) is 47.2 Å². The predicted molar refractivity (Wildman–Crippen MR) is 126 cm³/mol. The van der Waals surface area contributed by atoms with Crippen LogP contribution in [0.3, 0.4) is 0 Å². The molecule has 0 bridgehead atoms. The summed E-state index contributed by atoms with van der Waals surface area (Å²) in [5, 5.41) is 16.7. The Hall–Kier alpha value is -3.80. The third-order valence-corrected chi connectivity index (χ3v) is 5.73. The minimum Gasteiger partial charge on any atom is -0.480 e. The summed E-state index contributed by atoms with van der Waals surface area (Å²) >= 11 is 0. The summed E-state index contributed by atoms with van der Waals surface area (Å²) in [6.45, 7) is 6.28. The van der Waals surface area contributed by atoms with Crippen molar-refractivity contribution in [1.29, 1.82) is 5.26 Å². The van der Waals surface area contributed by atoms with Crippen LogP contribution >= 0.6 is 0 Å². The number of methoxy groups -OCH3 is 1. The summed E-state index contributed by atoms with van der Waals surface area (Å²) in [7, 11) is 3.48. The van der Waals surface area contributed by atoms with Crippen molar-refractivity contribution in [2.24, 2.45) is 7.05 Å². The standard InChI is InChI=1S/C23H26BN7O/c1-16(6-5-7-17(2)28-19-8-9-24(10-19)15-25)21-12-26-23-29-22(32-4)20(14-31(21)23)18-11-27-30(3)13-18/h5-7,11-14,19,28H,2,8-10H2,1,3-4H3/b7-5-,16-6+. The second-order valence-electron chi connectivity index (χ2n) is 8.09. The van der Waals surface area contributed by atoms with Crippen LogP contribution in [0.4, 0.5) is 0 Å². The van der Waals surface area contributed by atoms with Crippen LogP contribution in [0, 0.1) is 11.2 Å². The Labute approximate surface area is 188 Å². The number of aromatic nitrogens is 5. The molecular formula is C23H26BN7O. The van der Waals surface area contributed by atoms with Crippen molar-refractivity contribution < 1.29 is 4.74 Å². The van der Waals surface area contributed by atoms with E-state index < -0.39 is 0 Å². The average Bonchev–Trinajstić information content (AvgIpc) is 3.51. The molecule has 1 fully saturated rings. The van der Waals surface area contributed by atoms with Gasteiger partial charge in [0.1, 0.15) is 0 Å². The molecule has 1 aliphatic heterocycles. The van der Waals surface area contributed by atoms with Crippen LogP contribution in [-0.2, 0) is 7.05 Å². The summed E-state index contributed by atoms with van der Waals surface area (Å²) in [6.07, 6.45) is 16.3. The molecule has 162 valence electrons. The van der Waals surface area contributed by atoms with Crippen LogP contribution in [0.2, 0.25) is 12.6 Å². The van der Waals surface area contributed by atoms with Gasteiger partial charge < -0.3 is 10.1 Å². The molecule has 1 N–H and O–H groups in total. The van der Waals surface area contributed by atoms with Gasteiger partial charge in [-0.15, -0.1) is 0 Å². The van der Waals surface area contributed by atoms with Crippen LogP contribution in [0.1, 0.15) is 19.0 Å². The molecule has 32 heavy (non-hydrogen) atoms. The van der Waals surface area contributed by atoms with Crippen LogP contribution in [0.15, 0.2) is 55.3 Å². The minimum absolute atomic E-state index is 0.158. The zero-order chi connectivity index (χ0) is 22.7. The molecule has 3 aromatic heterocycles. The summed E-state index contributed by atoms with van der Waals surface area (Å²) in [5.74, 6) is 3.44. The quantitative estimate of drug-likeness (QED) is 0.458. The molecule has 4 rings (SSSR count). The smallest absolute Gasteiger partial charge is 0.269 e. The molecule has 8 nitrogen and oxygen atoms in total. The van der Waals surface area contributed by atoms with E-state index in [1.54, 1.807) is 18.0 Å².